The Morgan fingerprint density at radius 3 is 3.00 bits per heavy atom. The number of para-hydroxylation sites is 1. The molecule has 0 saturated heterocycles. The predicted octanol–water partition coefficient (Wildman–Crippen LogP) is 2.63. The molecule has 0 saturated carbocycles. The molecular weight excluding hydrogens is 282 g/mol. The second kappa shape index (κ2) is 6.09. The van der Waals surface area contributed by atoms with E-state index in [1.165, 1.54) is 0 Å². The van der Waals surface area contributed by atoms with Crippen LogP contribution in [0.3, 0.4) is 0 Å². The first-order valence-corrected chi connectivity index (χ1v) is 7.43. The maximum atomic E-state index is 12.6. The predicted molar refractivity (Wildman–Crippen MR) is 82.6 cm³/mol. The number of hydrogen-bond acceptors (Lipinski definition) is 4. The zero-order valence-electron chi connectivity index (χ0n) is 12.8. The van der Waals surface area contributed by atoms with Crippen LogP contribution in [0.15, 0.2) is 24.3 Å². The maximum Gasteiger partial charge on any atom is 0.260 e. The van der Waals surface area contributed by atoms with E-state index in [4.69, 9.17) is 9.47 Å². The molecule has 0 fully saturated rings. The normalized spacial score (nSPS) is 13.0. The highest BCUT2D eigenvalue weighted by molar-refractivity contribution is 6.06. The molecule has 6 heteroatoms. The summed E-state index contributed by atoms with van der Waals surface area (Å²) in [5, 5.41) is 7.29. The zero-order chi connectivity index (χ0) is 15.5. The Morgan fingerprint density at radius 1 is 1.36 bits per heavy atom. The van der Waals surface area contributed by atoms with E-state index in [0.29, 0.717) is 36.1 Å². The van der Waals surface area contributed by atoms with E-state index in [-0.39, 0.29) is 5.91 Å². The molecule has 0 bridgehead atoms. The Morgan fingerprint density at radius 2 is 2.18 bits per heavy atom. The van der Waals surface area contributed by atoms with Crippen LogP contribution in [-0.4, -0.2) is 28.9 Å². The van der Waals surface area contributed by atoms with Gasteiger partial charge < -0.3 is 14.8 Å². The van der Waals surface area contributed by atoms with E-state index in [9.17, 15) is 4.79 Å². The third-order valence-corrected chi connectivity index (χ3v) is 3.39. The second-order valence-corrected chi connectivity index (χ2v) is 5.18. The van der Waals surface area contributed by atoms with Crippen molar-refractivity contribution in [2.24, 2.45) is 0 Å². The molecule has 116 valence electrons. The topological polar surface area (TPSA) is 65.4 Å². The quantitative estimate of drug-likeness (QED) is 0.942. The standard InChI is InChI=1S/C16H19N3O3/c1-3-7-19-14(10-11(2)18-19)17-16(20)12-5-4-6-13-15(12)22-9-8-21-13/h4-6,10H,3,7-9H2,1-2H3,(H,17,20). The summed E-state index contributed by atoms with van der Waals surface area (Å²) in [7, 11) is 0. The molecule has 22 heavy (non-hydrogen) atoms. The number of aryl methyl sites for hydroxylation is 2. The number of ether oxygens (including phenoxy) is 2. The van der Waals surface area contributed by atoms with Crippen molar-refractivity contribution >= 4 is 11.7 Å². The molecule has 2 aromatic rings. The molecule has 0 aliphatic carbocycles. The minimum absolute atomic E-state index is 0.223. The van der Waals surface area contributed by atoms with Crippen molar-refractivity contribution in [1.29, 1.82) is 0 Å². The van der Waals surface area contributed by atoms with Gasteiger partial charge in [0.25, 0.3) is 5.91 Å². The summed E-state index contributed by atoms with van der Waals surface area (Å²) < 4.78 is 12.9. The molecule has 1 aliphatic heterocycles. The minimum atomic E-state index is -0.223. The fourth-order valence-electron chi connectivity index (χ4n) is 2.46. The Kier molecular flexibility index (Phi) is 4.00. The monoisotopic (exact) mass is 301 g/mol. The number of amides is 1. The molecule has 1 aromatic heterocycles. The summed E-state index contributed by atoms with van der Waals surface area (Å²) in [5.74, 6) is 1.58. The molecule has 0 atom stereocenters. The number of benzene rings is 1. The molecular formula is C16H19N3O3. The molecule has 2 heterocycles. The van der Waals surface area contributed by atoms with Gasteiger partial charge in [0.15, 0.2) is 11.5 Å². The third-order valence-electron chi connectivity index (χ3n) is 3.39. The summed E-state index contributed by atoms with van der Waals surface area (Å²) in [6.45, 7) is 5.69. The van der Waals surface area contributed by atoms with Crippen molar-refractivity contribution in [2.45, 2.75) is 26.8 Å². The highest BCUT2D eigenvalue weighted by atomic mass is 16.6. The number of aromatic nitrogens is 2. The Balaban J connectivity index is 1.86. The number of rotatable bonds is 4. The fraction of sp³-hybridized carbons (Fsp3) is 0.375. The molecule has 6 nitrogen and oxygen atoms in total. The molecule has 0 spiro atoms. The van der Waals surface area contributed by atoms with E-state index in [2.05, 4.69) is 17.3 Å². The second-order valence-electron chi connectivity index (χ2n) is 5.18. The van der Waals surface area contributed by atoms with Gasteiger partial charge in [-0.3, -0.25) is 4.79 Å². The first-order chi connectivity index (χ1) is 10.7. The Hall–Kier alpha value is -2.50. The molecule has 3 rings (SSSR count). The van der Waals surface area contributed by atoms with Crippen molar-refractivity contribution in [2.75, 3.05) is 18.5 Å². The van der Waals surface area contributed by atoms with Gasteiger partial charge in [0, 0.05) is 12.6 Å². The Labute approximate surface area is 129 Å². The molecule has 1 amide bonds. The first kappa shape index (κ1) is 14.4. The minimum Gasteiger partial charge on any atom is -0.486 e. The number of carbonyl (C=O) groups excluding carboxylic acids is 1. The van der Waals surface area contributed by atoms with Gasteiger partial charge in [-0.15, -0.1) is 0 Å². The zero-order valence-corrected chi connectivity index (χ0v) is 12.8. The van der Waals surface area contributed by atoms with Crippen LogP contribution < -0.4 is 14.8 Å². The van der Waals surface area contributed by atoms with Gasteiger partial charge >= 0.3 is 0 Å². The van der Waals surface area contributed by atoms with Gasteiger partial charge in [-0.2, -0.15) is 5.10 Å². The van der Waals surface area contributed by atoms with Crippen LogP contribution >= 0.6 is 0 Å². The van der Waals surface area contributed by atoms with Gasteiger partial charge in [0.05, 0.1) is 11.3 Å². The summed E-state index contributed by atoms with van der Waals surface area (Å²) >= 11 is 0. The lowest BCUT2D eigenvalue weighted by Crippen LogP contribution is -2.21. The van der Waals surface area contributed by atoms with Crippen LogP contribution in [0.4, 0.5) is 5.82 Å². The summed E-state index contributed by atoms with van der Waals surface area (Å²) in [5.41, 5.74) is 1.34. The van der Waals surface area contributed by atoms with Crippen LogP contribution in [-0.2, 0) is 6.54 Å². The third kappa shape index (κ3) is 2.77. The molecule has 1 N–H and O–H groups in total. The molecule has 0 unspecified atom stereocenters. The molecule has 0 radical (unpaired) electrons. The van der Waals surface area contributed by atoms with Crippen molar-refractivity contribution in [3.63, 3.8) is 0 Å². The van der Waals surface area contributed by atoms with Gasteiger partial charge in [0.2, 0.25) is 0 Å². The maximum absolute atomic E-state index is 12.6. The highest BCUT2D eigenvalue weighted by Crippen LogP contribution is 2.34. The summed E-state index contributed by atoms with van der Waals surface area (Å²) in [6.07, 6.45) is 0.946. The highest BCUT2D eigenvalue weighted by Gasteiger charge is 2.21. The van der Waals surface area contributed by atoms with Crippen LogP contribution in [0.2, 0.25) is 0 Å². The summed E-state index contributed by atoms with van der Waals surface area (Å²) in [6, 6.07) is 7.18. The van der Waals surface area contributed by atoms with Crippen molar-refractivity contribution in [1.82, 2.24) is 9.78 Å². The van der Waals surface area contributed by atoms with E-state index >= 15 is 0 Å². The van der Waals surface area contributed by atoms with Crippen molar-refractivity contribution in [3.05, 3.63) is 35.5 Å². The van der Waals surface area contributed by atoms with E-state index < -0.39 is 0 Å². The van der Waals surface area contributed by atoms with Gasteiger partial charge in [-0.1, -0.05) is 13.0 Å². The van der Waals surface area contributed by atoms with Gasteiger partial charge in [-0.05, 0) is 25.5 Å². The average Bonchev–Trinajstić information content (AvgIpc) is 2.86. The number of carbonyl (C=O) groups is 1. The van der Waals surface area contributed by atoms with Crippen LogP contribution in [0, 0.1) is 6.92 Å². The van der Waals surface area contributed by atoms with E-state index in [1.54, 1.807) is 22.9 Å². The number of fused-ring (bicyclic) bond motifs is 1. The molecule has 1 aromatic carbocycles. The van der Waals surface area contributed by atoms with Crippen LogP contribution in [0.5, 0.6) is 11.5 Å². The van der Waals surface area contributed by atoms with E-state index in [1.807, 2.05) is 13.0 Å². The number of hydrogen-bond donors (Lipinski definition) is 1. The van der Waals surface area contributed by atoms with Crippen molar-refractivity contribution < 1.29 is 14.3 Å². The first-order valence-electron chi connectivity index (χ1n) is 7.43. The van der Waals surface area contributed by atoms with Gasteiger partial charge in [-0.25, -0.2) is 4.68 Å². The molecule has 1 aliphatic rings. The average molecular weight is 301 g/mol. The lowest BCUT2D eigenvalue weighted by atomic mass is 10.1. The fourth-order valence-corrected chi connectivity index (χ4v) is 2.46. The van der Waals surface area contributed by atoms with Gasteiger partial charge in [0.1, 0.15) is 19.0 Å². The number of nitrogens with one attached hydrogen (secondary N) is 1. The van der Waals surface area contributed by atoms with Crippen molar-refractivity contribution in [3.8, 4) is 11.5 Å². The van der Waals surface area contributed by atoms with Crippen LogP contribution in [0.1, 0.15) is 29.4 Å². The lowest BCUT2D eigenvalue weighted by molar-refractivity contribution is 0.101. The SMILES string of the molecule is CCCn1nc(C)cc1NC(=O)c1cccc2c1OCCO2. The smallest absolute Gasteiger partial charge is 0.260 e. The summed E-state index contributed by atoms with van der Waals surface area (Å²) in [4.78, 5) is 12.6. The largest absolute Gasteiger partial charge is 0.486 e. The van der Waals surface area contributed by atoms with E-state index in [0.717, 1.165) is 18.7 Å². The Bertz CT molecular complexity index is 694. The number of nitrogens with zero attached hydrogens (tertiary/aromatic N) is 2. The van der Waals surface area contributed by atoms with Crippen LogP contribution in [0.25, 0.3) is 0 Å². The lowest BCUT2D eigenvalue weighted by Gasteiger charge is -2.20. The number of anilines is 1.